The fourth-order valence-electron chi connectivity index (χ4n) is 1.54. The van der Waals surface area contributed by atoms with E-state index in [4.69, 9.17) is 4.74 Å². The minimum Gasteiger partial charge on any atom is -0.365 e. The summed E-state index contributed by atoms with van der Waals surface area (Å²) in [6.45, 7) is 13.0. The van der Waals surface area contributed by atoms with Crippen LogP contribution in [0.3, 0.4) is 0 Å². The molecule has 15 heavy (non-hydrogen) atoms. The molecule has 90 valence electrons. The van der Waals surface area contributed by atoms with E-state index in [-0.39, 0.29) is 27.9 Å². The number of rotatable bonds is 7. The van der Waals surface area contributed by atoms with Gasteiger partial charge in [0, 0.05) is 5.92 Å². The molecule has 4 heteroatoms. The summed E-state index contributed by atoms with van der Waals surface area (Å²) in [5.74, 6) is 0.0161. The lowest BCUT2D eigenvalue weighted by molar-refractivity contribution is -0.115. The highest BCUT2D eigenvalue weighted by atomic mass is 31.2. The molecular formula is C11H24O2P2. The third-order valence-electron chi connectivity index (χ3n) is 2.38. The van der Waals surface area contributed by atoms with Crippen LogP contribution in [0, 0.1) is 5.92 Å². The van der Waals surface area contributed by atoms with Gasteiger partial charge in [-0.05, 0) is 33.1 Å². The van der Waals surface area contributed by atoms with Gasteiger partial charge in [0.25, 0.3) is 0 Å². The van der Waals surface area contributed by atoms with Crippen molar-refractivity contribution in [2.75, 3.05) is 26.7 Å². The summed E-state index contributed by atoms with van der Waals surface area (Å²) in [5, 5.41) is 0. The van der Waals surface area contributed by atoms with E-state index in [1.165, 1.54) is 0 Å². The van der Waals surface area contributed by atoms with Crippen molar-refractivity contribution < 1.29 is 9.53 Å². The van der Waals surface area contributed by atoms with Gasteiger partial charge in [-0.15, -0.1) is 0 Å². The van der Waals surface area contributed by atoms with E-state index >= 15 is 0 Å². The molecule has 0 aromatic carbocycles. The van der Waals surface area contributed by atoms with Gasteiger partial charge >= 0.3 is 0 Å². The molecule has 0 heterocycles. The normalized spacial score (nSPS) is 16.1. The second kappa shape index (κ2) is 7.71. The van der Waals surface area contributed by atoms with Crippen LogP contribution < -0.4 is 0 Å². The van der Waals surface area contributed by atoms with Crippen molar-refractivity contribution in [2.24, 2.45) is 5.92 Å². The largest absolute Gasteiger partial charge is 0.365 e. The first-order chi connectivity index (χ1) is 6.93. The second-order valence-electron chi connectivity index (χ2n) is 4.33. The molecule has 0 aromatic heterocycles. The molecule has 0 radical (unpaired) electrons. The van der Waals surface area contributed by atoms with E-state index in [0.29, 0.717) is 5.59 Å². The zero-order chi connectivity index (χ0) is 12.0. The smallest absolute Gasteiger partial charge is 0.125 e. The van der Waals surface area contributed by atoms with Gasteiger partial charge in [0.2, 0.25) is 0 Å². The van der Waals surface area contributed by atoms with E-state index in [0.717, 1.165) is 12.7 Å². The van der Waals surface area contributed by atoms with E-state index < -0.39 is 0 Å². The number of hydrogen-bond acceptors (Lipinski definition) is 2. The highest BCUT2D eigenvalue weighted by Crippen LogP contribution is 2.51. The number of hydrogen-bond donors (Lipinski definition) is 0. The van der Waals surface area contributed by atoms with Crippen LogP contribution in [-0.2, 0) is 9.53 Å². The van der Waals surface area contributed by atoms with Crippen molar-refractivity contribution in [1.29, 1.82) is 0 Å². The van der Waals surface area contributed by atoms with Crippen LogP contribution in [0.15, 0.2) is 0 Å². The Morgan fingerprint density at radius 1 is 1.20 bits per heavy atom. The molecule has 0 aliphatic heterocycles. The SMILES string of the molecule is CC[C@@H](OC(P(C)C)P(C)C)[C@@H](C)C=O. The predicted molar refractivity (Wildman–Crippen MR) is 71.7 cm³/mol. The van der Waals surface area contributed by atoms with Crippen LogP contribution in [-0.4, -0.2) is 44.6 Å². The van der Waals surface area contributed by atoms with Gasteiger partial charge in [0.15, 0.2) is 0 Å². The van der Waals surface area contributed by atoms with Crippen molar-refractivity contribution in [3.63, 3.8) is 0 Å². The number of carbonyl (C=O) groups is 1. The Morgan fingerprint density at radius 2 is 1.67 bits per heavy atom. The van der Waals surface area contributed by atoms with Crippen molar-refractivity contribution in [1.82, 2.24) is 0 Å². The maximum Gasteiger partial charge on any atom is 0.125 e. The molecule has 0 unspecified atom stereocenters. The summed E-state index contributed by atoms with van der Waals surface area (Å²) in [7, 11) is -0.161. The van der Waals surface area contributed by atoms with Crippen molar-refractivity contribution in [2.45, 2.75) is 32.0 Å². The molecule has 0 aliphatic rings. The molecule has 0 saturated heterocycles. The first kappa shape index (κ1) is 15.5. The molecule has 2 nitrogen and oxygen atoms in total. The van der Waals surface area contributed by atoms with Gasteiger partial charge in [0.05, 0.1) is 11.7 Å². The lowest BCUT2D eigenvalue weighted by Gasteiger charge is -2.31. The van der Waals surface area contributed by atoms with Gasteiger partial charge in [-0.3, -0.25) is 0 Å². The molecular weight excluding hydrogens is 226 g/mol. The van der Waals surface area contributed by atoms with Gasteiger partial charge in [-0.25, -0.2) is 0 Å². The summed E-state index contributed by atoms with van der Waals surface area (Å²) in [6.07, 6.45) is 2.03. The first-order valence-electron chi connectivity index (χ1n) is 5.37. The minimum absolute atomic E-state index is 0.0161. The van der Waals surface area contributed by atoms with Crippen LogP contribution >= 0.6 is 15.8 Å². The molecule has 0 aromatic rings. The van der Waals surface area contributed by atoms with Crippen molar-refractivity contribution >= 4 is 22.1 Å². The van der Waals surface area contributed by atoms with E-state index in [1.807, 2.05) is 6.92 Å². The Morgan fingerprint density at radius 3 is 1.93 bits per heavy atom. The quantitative estimate of drug-likeness (QED) is 0.511. The van der Waals surface area contributed by atoms with Gasteiger partial charge < -0.3 is 9.53 Å². The van der Waals surface area contributed by atoms with Crippen molar-refractivity contribution in [3.8, 4) is 0 Å². The summed E-state index contributed by atoms with van der Waals surface area (Å²) >= 11 is 0. The Kier molecular flexibility index (Phi) is 7.96. The Bertz CT molecular complexity index is 175. The summed E-state index contributed by atoms with van der Waals surface area (Å²) in [6, 6.07) is 0. The Labute approximate surface area is 96.7 Å². The van der Waals surface area contributed by atoms with Crippen LogP contribution in [0.5, 0.6) is 0 Å². The lowest BCUT2D eigenvalue weighted by atomic mass is 10.1. The van der Waals surface area contributed by atoms with Gasteiger partial charge in [-0.2, -0.15) is 0 Å². The van der Waals surface area contributed by atoms with Gasteiger partial charge in [0.1, 0.15) is 6.29 Å². The lowest BCUT2D eigenvalue weighted by Crippen LogP contribution is -2.26. The monoisotopic (exact) mass is 250 g/mol. The fourth-order valence-corrected chi connectivity index (χ4v) is 6.04. The number of aldehydes is 1. The third kappa shape index (κ3) is 5.38. The van der Waals surface area contributed by atoms with E-state index in [9.17, 15) is 4.79 Å². The molecule has 0 aliphatic carbocycles. The maximum absolute atomic E-state index is 10.8. The average Bonchev–Trinajstić information content (AvgIpc) is 2.17. The molecule has 0 fully saturated rings. The molecule has 0 bridgehead atoms. The highest BCUT2D eigenvalue weighted by Gasteiger charge is 2.24. The third-order valence-corrected chi connectivity index (χ3v) is 7.17. The number of carbonyl (C=O) groups excluding carboxylic acids is 1. The van der Waals surface area contributed by atoms with Gasteiger partial charge in [-0.1, -0.05) is 29.7 Å². The van der Waals surface area contributed by atoms with Crippen LogP contribution in [0.1, 0.15) is 20.3 Å². The molecule has 0 rings (SSSR count). The average molecular weight is 250 g/mol. The Balaban J connectivity index is 4.41. The zero-order valence-electron chi connectivity index (χ0n) is 10.7. The Hall–Kier alpha value is 0.490. The number of ether oxygens (including phenoxy) is 1. The first-order valence-corrected chi connectivity index (χ1v) is 9.98. The van der Waals surface area contributed by atoms with Crippen LogP contribution in [0.2, 0.25) is 0 Å². The van der Waals surface area contributed by atoms with Crippen LogP contribution in [0.4, 0.5) is 0 Å². The molecule has 2 atom stereocenters. The zero-order valence-corrected chi connectivity index (χ0v) is 12.5. The summed E-state index contributed by atoms with van der Waals surface area (Å²) in [5.41, 5.74) is 0.377. The second-order valence-corrected chi connectivity index (χ2v) is 9.53. The molecule has 0 saturated carbocycles. The van der Waals surface area contributed by atoms with Crippen molar-refractivity contribution in [3.05, 3.63) is 0 Å². The summed E-state index contributed by atoms with van der Waals surface area (Å²) in [4.78, 5) is 10.8. The standard InChI is InChI=1S/C11H24O2P2/c1-7-10(9(2)8-12)13-11(14(3)4)15(5)6/h8-11H,7H2,1-6H3/t9-,10+/m0/s1. The topological polar surface area (TPSA) is 26.3 Å². The molecule has 0 spiro atoms. The minimum atomic E-state index is -0.0807. The predicted octanol–water partition coefficient (Wildman–Crippen LogP) is 3.38. The maximum atomic E-state index is 10.8. The highest BCUT2D eigenvalue weighted by molar-refractivity contribution is 7.74. The van der Waals surface area contributed by atoms with E-state index in [1.54, 1.807) is 0 Å². The summed E-state index contributed by atoms with van der Waals surface area (Å²) < 4.78 is 6.10. The van der Waals surface area contributed by atoms with E-state index in [2.05, 4.69) is 33.6 Å². The molecule has 0 N–H and O–H groups in total. The molecule has 0 amide bonds. The van der Waals surface area contributed by atoms with Crippen LogP contribution in [0.25, 0.3) is 0 Å². The fraction of sp³-hybridized carbons (Fsp3) is 0.909.